The Labute approximate surface area is 203 Å². The van der Waals surface area contributed by atoms with E-state index in [1.165, 1.54) is 11.3 Å². The minimum Gasteiger partial charge on any atom is -0.496 e. The van der Waals surface area contributed by atoms with Gasteiger partial charge in [0.2, 0.25) is 0 Å². The van der Waals surface area contributed by atoms with Gasteiger partial charge in [-0.05, 0) is 24.5 Å². The number of ether oxygens (including phenoxy) is 1. The maximum absolute atomic E-state index is 13.1. The predicted molar refractivity (Wildman–Crippen MR) is 138 cm³/mol. The number of benzene rings is 2. The summed E-state index contributed by atoms with van der Waals surface area (Å²) in [6, 6.07) is 17.8. The Bertz CT molecular complexity index is 1300. The largest absolute Gasteiger partial charge is 0.496 e. The van der Waals surface area contributed by atoms with Crippen LogP contribution in [0.4, 0.5) is 0 Å². The molecule has 1 atom stereocenters. The standard InChI is InChI=1S/C27H29N3O3S/c1-3-4-12-20(31)16-30(15-19-10-6-5-7-11-19)17-24-28-26(32)25-22(18-34-27(25)29-24)21-13-8-9-14-23(21)33-2/h3,5-11,13-14,18,20,31H,1,4,12,15-17H2,2H3,(H,28,29,32). The summed E-state index contributed by atoms with van der Waals surface area (Å²) in [6.45, 7) is 5.28. The van der Waals surface area contributed by atoms with E-state index in [-0.39, 0.29) is 5.56 Å². The lowest BCUT2D eigenvalue weighted by Crippen LogP contribution is -2.33. The van der Waals surface area contributed by atoms with Crippen LogP contribution in [0, 0.1) is 0 Å². The number of aliphatic hydroxyl groups excluding tert-OH is 1. The second-order valence-electron chi connectivity index (χ2n) is 8.22. The highest BCUT2D eigenvalue weighted by molar-refractivity contribution is 7.17. The molecular formula is C27H29N3O3S. The Hall–Kier alpha value is -3.26. The molecule has 2 aromatic carbocycles. The summed E-state index contributed by atoms with van der Waals surface area (Å²) in [6.07, 6.45) is 2.72. The molecule has 0 bridgehead atoms. The lowest BCUT2D eigenvalue weighted by molar-refractivity contribution is 0.0970. The molecule has 0 spiro atoms. The van der Waals surface area contributed by atoms with E-state index in [0.29, 0.717) is 47.8 Å². The van der Waals surface area contributed by atoms with E-state index in [2.05, 4.69) is 28.6 Å². The minimum atomic E-state index is -0.490. The number of aromatic nitrogens is 2. The first-order valence-electron chi connectivity index (χ1n) is 11.3. The Kier molecular flexibility index (Phi) is 7.90. The first-order valence-corrected chi connectivity index (χ1v) is 12.2. The van der Waals surface area contributed by atoms with Gasteiger partial charge in [0.05, 0.1) is 25.1 Å². The van der Waals surface area contributed by atoms with E-state index in [9.17, 15) is 9.90 Å². The topological polar surface area (TPSA) is 78.5 Å². The number of aromatic amines is 1. The van der Waals surface area contributed by atoms with Gasteiger partial charge >= 0.3 is 0 Å². The SMILES string of the molecule is C=CCCC(O)CN(Cc1ccccc1)Cc1nc2scc(-c3ccccc3OC)c2c(=O)[nH]1. The fraction of sp³-hybridized carbons (Fsp3) is 0.259. The number of allylic oxidation sites excluding steroid dienone is 1. The van der Waals surface area contributed by atoms with Crippen molar-refractivity contribution in [1.29, 1.82) is 0 Å². The fourth-order valence-corrected chi connectivity index (χ4v) is 5.03. The van der Waals surface area contributed by atoms with Gasteiger partial charge in [-0.2, -0.15) is 0 Å². The van der Waals surface area contributed by atoms with Crippen molar-refractivity contribution >= 4 is 21.6 Å². The highest BCUT2D eigenvalue weighted by Crippen LogP contribution is 2.36. The molecular weight excluding hydrogens is 446 g/mol. The molecule has 34 heavy (non-hydrogen) atoms. The van der Waals surface area contributed by atoms with Crippen LogP contribution >= 0.6 is 11.3 Å². The zero-order chi connectivity index (χ0) is 23.9. The van der Waals surface area contributed by atoms with E-state index in [4.69, 9.17) is 9.72 Å². The van der Waals surface area contributed by atoms with E-state index in [1.807, 2.05) is 53.9 Å². The molecule has 0 aliphatic rings. The number of fused-ring (bicyclic) bond motifs is 1. The number of aliphatic hydroxyl groups is 1. The van der Waals surface area contributed by atoms with Gasteiger partial charge in [0.25, 0.3) is 5.56 Å². The molecule has 0 saturated carbocycles. The highest BCUT2D eigenvalue weighted by atomic mass is 32.1. The monoisotopic (exact) mass is 475 g/mol. The van der Waals surface area contributed by atoms with Crippen LogP contribution in [0.15, 0.2) is 77.4 Å². The van der Waals surface area contributed by atoms with Gasteiger partial charge in [-0.15, -0.1) is 17.9 Å². The van der Waals surface area contributed by atoms with Crippen LogP contribution in [0.2, 0.25) is 0 Å². The van der Waals surface area contributed by atoms with Gasteiger partial charge in [0.1, 0.15) is 16.4 Å². The number of methoxy groups -OCH3 is 1. The van der Waals surface area contributed by atoms with Crippen molar-refractivity contribution < 1.29 is 9.84 Å². The van der Waals surface area contributed by atoms with Gasteiger partial charge in [0, 0.05) is 29.6 Å². The second-order valence-corrected chi connectivity index (χ2v) is 9.08. The average Bonchev–Trinajstić information content (AvgIpc) is 3.27. The van der Waals surface area contributed by atoms with Gasteiger partial charge in [-0.3, -0.25) is 9.69 Å². The number of rotatable bonds is 11. The summed E-state index contributed by atoms with van der Waals surface area (Å²) < 4.78 is 5.49. The van der Waals surface area contributed by atoms with Crippen LogP contribution in [0.5, 0.6) is 5.75 Å². The summed E-state index contributed by atoms with van der Waals surface area (Å²) in [5.74, 6) is 1.30. The summed E-state index contributed by atoms with van der Waals surface area (Å²) >= 11 is 1.45. The third-order valence-corrected chi connectivity index (χ3v) is 6.56. The molecule has 7 heteroatoms. The third-order valence-electron chi connectivity index (χ3n) is 5.69. The van der Waals surface area contributed by atoms with Crippen molar-refractivity contribution in [2.24, 2.45) is 0 Å². The molecule has 0 aliphatic heterocycles. The number of hydrogen-bond acceptors (Lipinski definition) is 6. The van der Waals surface area contributed by atoms with E-state index < -0.39 is 6.10 Å². The highest BCUT2D eigenvalue weighted by Gasteiger charge is 2.18. The summed E-state index contributed by atoms with van der Waals surface area (Å²) in [5, 5.41) is 13.0. The molecule has 0 aliphatic carbocycles. The second kappa shape index (κ2) is 11.2. The maximum Gasteiger partial charge on any atom is 0.260 e. The number of H-pyrrole nitrogens is 1. The Morgan fingerprint density at radius 2 is 1.91 bits per heavy atom. The van der Waals surface area contributed by atoms with E-state index in [0.717, 1.165) is 23.1 Å². The van der Waals surface area contributed by atoms with Crippen molar-refractivity contribution in [3.63, 3.8) is 0 Å². The number of para-hydroxylation sites is 1. The van der Waals surface area contributed by atoms with Crippen molar-refractivity contribution in [1.82, 2.24) is 14.9 Å². The van der Waals surface area contributed by atoms with Crippen LogP contribution in [0.25, 0.3) is 21.3 Å². The molecule has 2 aromatic heterocycles. The fourth-order valence-electron chi connectivity index (χ4n) is 4.07. The average molecular weight is 476 g/mol. The van der Waals surface area contributed by atoms with Gasteiger partial charge in [0.15, 0.2) is 0 Å². The number of nitrogens with one attached hydrogen (secondary N) is 1. The molecule has 6 nitrogen and oxygen atoms in total. The zero-order valence-corrected chi connectivity index (χ0v) is 20.1. The summed E-state index contributed by atoms with van der Waals surface area (Å²) in [4.78, 5) is 23.7. The van der Waals surface area contributed by atoms with Crippen molar-refractivity contribution in [2.45, 2.75) is 32.0 Å². The Balaban J connectivity index is 1.63. The number of hydrogen-bond donors (Lipinski definition) is 2. The molecule has 0 fully saturated rings. The van der Waals surface area contributed by atoms with E-state index >= 15 is 0 Å². The first-order chi connectivity index (χ1) is 16.6. The van der Waals surface area contributed by atoms with Crippen molar-refractivity contribution in [3.8, 4) is 16.9 Å². The van der Waals surface area contributed by atoms with Crippen LogP contribution in [0.3, 0.4) is 0 Å². The van der Waals surface area contributed by atoms with Gasteiger partial charge in [-0.25, -0.2) is 4.98 Å². The molecule has 4 rings (SSSR count). The smallest absolute Gasteiger partial charge is 0.260 e. The van der Waals surface area contributed by atoms with E-state index in [1.54, 1.807) is 7.11 Å². The van der Waals surface area contributed by atoms with Crippen molar-refractivity contribution in [3.05, 3.63) is 94.4 Å². The van der Waals surface area contributed by atoms with Gasteiger partial charge < -0.3 is 14.8 Å². The van der Waals surface area contributed by atoms with Crippen LogP contribution in [0.1, 0.15) is 24.2 Å². The normalized spacial score (nSPS) is 12.2. The van der Waals surface area contributed by atoms with Crippen molar-refractivity contribution in [2.75, 3.05) is 13.7 Å². The number of nitrogens with zero attached hydrogens (tertiary/aromatic N) is 2. The molecule has 4 aromatic rings. The first kappa shape index (κ1) is 23.9. The third kappa shape index (κ3) is 5.62. The van der Waals surface area contributed by atoms with Crippen LogP contribution in [-0.2, 0) is 13.1 Å². The molecule has 0 amide bonds. The minimum absolute atomic E-state index is 0.172. The Morgan fingerprint density at radius 1 is 1.15 bits per heavy atom. The molecule has 0 saturated heterocycles. The molecule has 1 unspecified atom stereocenters. The molecule has 176 valence electrons. The molecule has 0 radical (unpaired) electrons. The van der Waals surface area contributed by atoms with Gasteiger partial charge in [-0.1, -0.05) is 54.6 Å². The lowest BCUT2D eigenvalue weighted by Gasteiger charge is -2.24. The van der Waals surface area contributed by atoms with Crippen LogP contribution < -0.4 is 10.3 Å². The quantitative estimate of drug-likeness (QED) is 0.299. The lowest BCUT2D eigenvalue weighted by atomic mass is 10.1. The summed E-state index contributed by atoms with van der Waals surface area (Å²) in [7, 11) is 1.62. The van der Waals surface area contributed by atoms with Crippen LogP contribution in [-0.4, -0.2) is 39.7 Å². The predicted octanol–water partition coefficient (Wildman–Crippen LogP) is 4.99. The zero-order valence-electron chi connectivity index (χ0n) is 19.2. The maximum atomic E-state index is 13.1. The summed E-state index contributed by atoms with van der Waals surface area (Å²) in [5.41, 5.74) is 2.65. The number of thiophene rings is 1. The Morgan fingerprint density at radius 3 is 2.68 bits per heavy atom. The molecule has 2 heterocycles. The molecule has 2 N–H and O–H groups in total.